The number of aliphatic hydroxyl groups excluding tert-OH is 1. The number of carbonyl (C=O) groups excluding carboxylic acids is 1. The zero-order chi connectivity index (χ0) is 27.6. The van der Waals surface area contributed by atoms with Gasteiger partial charge in [-0.1, -0.05) is 36.7 Å². The van der Waals surface area contributed by atoms with Crippen molar-refractivity contribution in [2.45, 2.75) is 64.6 Å². The van der Waals surface area contributed by atoms with Crippen molar-refractivity contribution in [1.82, 2.24) is 4.72 Å². The van der Waals surface area contributed by atoms with Gasteiger partial charge in [0.2, 0.25) is 10.0 Å². The number of rotatable bonds is 0. The third-order valence-corrected chi connectivity index (χ3v) is 10.2. The number of ether oxygens (including phenoxy) is 1. The lowest BCUT2D eigenvalue weighted by Crippen LogP contribution is -2.51. The minimum absolute atomic E-state index is 0.200. The number of aryl methyl sites for hydroxylation is 1. The minimum Gasteiger partial charge on any atom is -0.487 e. The number of fused-ring (bicyclic) bond motifs is 3. The van der Waals surface area contributed by atoms with E-state index < -0.39 is 22.0 Å². The van der Waals surface area contributed by atoms with E-state index in [1.165, 1.54) is 5.56 Å². The number of aliphatic hydroxyl groups is 1. The Bertz CT molecular complexity index is 1360. The van der Waals surface area contributed by atoms with Gasteiger partial charge in [-0.05, 0) is 97.7 Å². The fourth-order valence-electron chi connectivity index (χ4n) is 5.97. The van der Waals surface area contributed by atoms with Gasteiger partial charge in [-0.3, -0.25) is 4.79 Å². The summed E-state index contributed by atoms with van der Waals surface area (Å²) in [6.07, 6.45) is 8.61. The van der Waals surface area contributed by atoms with Gasteiger partial charge in [0.15, 0.2) is 0 Å². The number of hydrogen-bond donors (Lipinski definition) is 2. The summed E-state index contributed by atoms with van der Waals surface area (Å²) in [7, 11) is -3.81. The van der Waals surface area contributed by atoms with Crippen molar-refractivity contribution >= 4 is 33.2 Å². The van der Waals surface area contributed by atoms with Crippen molar-refractivity contribution in [3.05, 3.63) is 70.3 Å². The van der Waals surface area contributed by atoms with Crippen LogP contribution in [0.3, 0.4) is 0 Å². The van der Waals surface area contributed by atoms with Crippen molar-refractivity contribution < 1.29 is 23.1 Å². The molecule has 2 aliphatic heterocycles. The molecule has 2 aromatic carbocycles. The highest BCUT2D eigenvalue weighted by Gasteiger charge is 2.48. The number of nitrogens with one attached hydrogen (secondary N) is 1. The van der Waals surface area contributed by atoms with Gasteiger partial charge in [-0.2, -0.15) is 0 Å². The average molecular weight is 573 g/mol. The molecule has 2 aromatic rings. The summed E-state index contributed by atoms with van der Waals surface area (Å²) in [5.74, 6) is 0.0740. The molecule has 0 aromatic heterocycles. The fraction of sp³-hybridized carbons (Fsp3) is 0.500. The summed E-state index contributed by atoms with van der Waals surface area (Å²) in [6.45, 7) is 3.98. The van der Waals surface area contributed by atoms with Gasteiger partial charge in [-0.15, -0.1) is 0 Å². The van der Waals surface area contributed by atoms with Crippen LogP contribution >= 0.6 is 11.6 Å². The van der Waals surface area contributed by atoms with Gasteiger partial charge in [0.1, 0.15) is 12.4 Å². The molecule has 39 heavy (non-hydrogen) atoms. The van der Waals surface area contributed by atoms with Crippen molar-refractivity contribution in [2.24, 2.45) is 11.3 Å². The lowest BCUT2D eigenvalue weighted by molar-refractivity contribution is -0.0694. The summed E-state index contributed by atoms with van der Waals surface area (Å²) < 4.78 is 33.8. The number of halogens is 1. The number of amides is 1. The number of carbonyl (C=O) groups is 1. The fourth-order valence-corrected chi connectivity index (χ4v) is 7.12. The van der Waals surface area contributed by atoms with Gasteiger partial charge >= 0.3 is 0 Å². The molecule has 210 valence electrons. The molecule has 1 saturated carbocycles. The Morgan fingerprint density at radius 3 is 2.77 bits per heavy atom. The molecule has 3 atom stereocenters. The smallest absolute Gasteiger partial charge is 0.264 e. The Morgan fingerprint density at radius 1 is 1.13 bits per heavy atom. The van der Waals surface area contributed by atoms with Gasteiger partial charge in [-0.25, -0.2) is 13.1 Å². The third-order valence-electron chi connectivity index (χ3n) is 8.73. The maximum absolute atomic E-state index is 13.0. The number of sulfonamides is 1. The molecule has 0 saturated heterocycles. The van der Waals surface area contributed by atoms with E-state index in [4.69, 9.17) is 16.3 Å². The summed E-state index contributed by atoms with van der Waals surface area (Å²) >= 11 is 6.29. The number of anilines is 1. The molecular weight excluding hydrogens is 536 g/mol. The van der Waals surface area contributed by atoms with Crippen LogP contribution in [-0.2, 0) is 23.1 Å². The Hall–Kier alpha value is -2.55. The normalized spacial score (nSPS) is 28.4. The summed E-state index contributed by atoms with van der Waals surface area (Å²) in [6, 6.07) is 11.0. The van der Waals surface area contributed by atoms with Crippen LogP contribution in [0.1, 0.15) is 66.9 Å². The molecule has 0 radical (unpaired) electrons. The van der Waals surface area contributed by atoms with Gasteiger partial charge < -0.3 is 14.7 Å². The second-order valence-electron chi connectivity index (χ2n) is 11.3. The Labute approximate surface area is 236 Å². The van der Waals surface area contributed by atoms with E-state index in [0.717, 1.165) is 56.4 Å². The Balaban J connectivity index is 1.54. The van der Waals surface area contributed by atoms with Crippen molar-refractivity contribution in [3.8, 4) is 5.75 Å². The van der Waals surface area contributed by atoms with E-state index in [2.05, 4.69) is 16.5 Å². The molecule has 3 aliphatic rings. The topological polar surface area (TPSA) is 95.9 Å². The first-order valence-corrected chi connectivity index (χ1v) is 15.8. The predicted octanol–water partition coefficient (Wildman–Crippen LogP) is 5.25. The summed E-state index contributed by atoms with van der Waals surface area (Å²) in [5.41, 5.74) is 3.05. The van der Waals surface area contributed by atoms with Crippen molar-refractivity contribution in [3.63, 3.8) is 0 Å². The second-order valence-corrected chi connectivity index (χ2v) is 13.6. The van der Waals surface area contributed by atoms with E-state index in [9.17, 15) is 18.3 Å². The molecule has 2 N–H and O–H groups in total. The standard InChI is InChI=1S/C30H37ClN2O5S/c1-30-14-13-24(30)19-33-15-5-4-7-21-17-25(31)11-9-23(21)20-38-27-12-10-22(18-26(27)33)29(35)32-39(36,37)16-6-2-3-8-28(30)34/h2-3,9-12,17-18,24,28,34H,4-8,13-16,19-20H2,1H3,(H,32,35)/b3-2+/t24-,28-,30-/m1/s1. The van der Waals surface area contributed by atoms with Crippen LogP contribution in [-0.4, -0.2) is 44.4 Å². The minimum atomic E-state index is -3.81. The van der Waals surface area contributed by atoms with E-state index >= 15 is 0 Å². The molecule has 1 fully saturated rings. The van der Waals surface area contributed by atoms with E-state index in [0.29, 0.717) is 23.8 Å². The molecule has 5 rings (SSSR count). The highest BCUT2D eigenvalue weighted by Crippen LogP contribution is 2.51. The lowest BCUT2D eigenvalue weighted by atomic mass is 9.57. The van der Waals surface area contributed by atoms with E-state index in [-0.39, 0.29) is 29.1 Å². The molecule has 1 aliphatic carbocycles. The number of nitrogens with zero attached hydrogens (tertiary/aromatic N) is 1. The first-order valence-electron chi connectivity index (χ1n) is 13.8. The first kappa shape index (κ1) is 28.0. The number of allylic oxidation sites excluding steroid dienone is 1. The van der Waals surface area contributed by atoms with Crippen LogP contribution in [0.2, 0.25) is 5.02 Å². The maximum atomic E-state index is 13.0. The van der Waals surface area contributed by atoms with Crippen LogP contribution in [0, 0.1) is 11.3 Å². The molecular formula is C30H37ClN2O5S. The zero-order valence-corrected chi connectivity index (χ0v) is 23.9. The van der Waals surface area contributed by atoms with Crippen molar-refractivity contribution in [2.75, 3.05) is 23.7 Å². The van der Waals surface area contributed by atoms with Crippen LogP contribution in [0.25, 0.3) is 0 Å². The monoisotopic (exact) mass is 572 g/mol. The van der Waals surface area contributed by atoms with Crippen LogP contribution < -0.4 is 14.4 Å². The van der Waals surface area contributed by atoms with E-state index in [1.54, 1.807) is 24.3 Å². The van der Waals surface area contributed by atoms with Gasteiger partial charge in [0.05, 0.1) is 17.5 Å². The molecule has 1 amide bonds. The molecule has 2 bridgehead atoms. The van der Waals surface area contributed by atoms with E-state index in [1.807, 2.05) is 24.3 Å². The van der Waals surface area contributed by atoms with Gasteiger partial charge in [0.25, 0.3) is 5.91 Å². The summed E-state index contributed by atoms with van der Waals surface area (Å²) in [4.78, 5) is 15.3. The highest BCUT2D eigenvalue weighted by atomic mass is 35.5. The Kier molecular flexibility index (Phi) is 8.26. The molecule has 9 heteroatoms. The largest absolute Gasteiger partial charge is 0.487 e. The molecule has 0 spiro atoms. The average Bonchev–Trinajstić information content (AvgIpc) is 2.92. The first-order chi connectivity index (χ1) is 18.6. The predicted molar refractivity (Wildman–Crippen MR) is 154 cm³/mol. The SMILES string of the molecule is C[C@@]12CC[C@@H]1CN1CCCCc3cc(Cl)ccc3COc3ccc(cc31)C(=O)NS(=O)(=O)CC/C=C/C[C@H]2O. The number of benzene rings is 2. The third kappa shape index (κ3) is 6.28. The molecule has 0 unspecified atom stereocenters. The zero-order valence-electron chi connectivity index (χ0n) is 22.4. The second kappa shape index (κ2) is 11.5. The Morgan fingerprint density at radius 2 is 1.97 bits per heavy atom. The quantitative estimate of drug-likeness (QED) is 0.419. The van der Waals surface area contributed by atoms with Crippen LogP contribution in [0.15, 0.2) is 48.6 Å². The van der Waals surface area contributed by atoms with Gasteiger partial charge in [0, 0.05) is 23.7 Å². The molecule has 7 nitrogen and oxygen atoms in total. The van der Waals surface area contributed by atoms with Crippen molar-refractivity contribution in [1.29, 1.82) is 0 Å². The highest BCUT2D eigenvalue weighted by molar-refractivity contribution is 7.90. The molecule has 2 heterocycles. The lowest BCUT2D eigenvalue weighted by Gasteiger charge is -2.52. The van der Waals surface area contributed by atoms with Crippen LogP contribution in [0.5, 0.6) is 5.75 Å². The summed E-state index contributed by atoms with van der Waals surface area (Å²) in [5, 5.41) is 11.8. The van der Waals surface area contributed by atoms with Crippen LogP contribution in [0.4, 0.5) is 5.69 Å². The maximum Gasteiger partial charge on any atom is 0.264 e. The number of hydrogen-bond acceptors (Lipinski definition) is 6.